The van der Waals surface area contributed by atoms with Crippen LogP contribution in [0.25, 0.3) is 0 Å². The Labute approximate surface area is 130 Å². The lowest BCUT2D eigenvalue weighted by molar-refractivity contribution is -0.133. The summed E-state index contributed by atoms with van der Waals surface area (Å²) in [5.41, 5.74) is 0.0510. The van der Waals surface area contributed by atoms with Crippen LogP contribution in [0.15, 0.2) is 0 Å². The first-order chi connectivity index (χ1) is 10.0. The molecule has 0 spiro atoms. The average Bonchev–Trinajstić information content (AvgIpc) is 2.68. The van der Waals surface area contributed by atoms with Gasteiger partial charge in [-0.25, -0.2) is 0 Å². The maximum atomic E-state index is 12.5. The summed E-state index contributed by atoms with van der Waals surface area (Å²) in [6.45, 7) is 7.14. The van der Waals surface area contributed by atoms with Gasteiger partial charge in [0.05, 0.1) is 0 Å². The lowest BCUT2D eigenvalue weighted by Gasteiger charge is -2.55. The molecule has 4 saturated carbocycles. The number of carbonyl (C=O) groups excluding carboxylic acids is 1. The zero-order valence-corrected chi connectivity index (χ0v) is 14.1. The van der Waals surface area contributed by atoms with E-state index in [4.69, 9.17) is 0 Å². The van der Waals surface area contributed by atoms with Gasteiger partial charge in [0.1, 0.15) is 5.78 Å². The number of hydrogen-bond donors (Lipinski definition) is 0. The van der Waals surface area contributed by atoms with E-state index in [9.17, 15) is 4.79 Å². The van der Waals surface area contributed by atoms with Gasteiger partial charge in [-0.1, -0.05) is 27.2 Å². The van der Waals surface area contributed by atoms with E-state index >= 15 is 0 Å². The van der Waals surface area contributed by atoms with E-state index in [1.807, 2.05) is 0 Å². The molecule has 4 aliphatic carbocycles. The van der Waals surface area contributed by atoms with Gasteiger partial charge in [-0.2, -0.15) is 0 Å². The number of fused-ring (bicyclic) bond motifs is 5. The quantitative estimate of drug-likeness (QED) is 0.607. The molecule has 1 heteroatoms. The van der Waals surface area contributed by atoms with Gasteiger partial charge in [-0.05, 0) is 80.0 Å². The van der Waals surface area contributed by atoms with E-state index in [1.165, 1.54) is 44.9 Å². The van der Waals surface area contributed by atoms with Gasteiger partial charge < -0.3 is 0 Å². The summed E-state index contributed by atoms with van der Waals surface area (Å²) < 4.78 is 0. The van der Waals surface area contributed by atoms with Crippen molar-refractivity contribution >= 4 is 5.78 Å². The van der Waals surface area contributed by atoms with Crippen LogP contribution in [0.2, 0.25) is 0 Å². The van der Waals surface area contributed by atoms with Crippen LogP contribution in [0.4, 0.5) is 0 Å². The molecule has 0 N–H and O–H groups in total. The Kier molecular flexibility index (Phi) is 3.28. The number of hydrogen-bond acceptors (Lipinski definition) is 1. The molecule has 8 atom stereocenters. The first kappa shape index (κ1) is 14.3. The fourth-order valence-corrected chi connectivity index (χ4v) is 7.36. The lowest BCUT2D eigenvalue weighted by atomic mass is 9.49. The van der Waals surface area contributed by atoms with E-state index in [1.54, 1.807) is 0 Å². The fourth-order valence-electron chi connectivity index (χ4n) is 7.36. The minimum absolute atomic E-state index is 0.0510. The molecular weight excluding hydrogens is 256 g/mol. The maximum absolute atomic E-state index is 12.5. The number of ketones is 1. The van der Waals surface area contributed by atoms with Crippen LogP contribution in [-0.2, 0) is 4.79 Å². The maximum Gasteiger partial charge on any atom is 0.139 e. The molecule has 0 bridgehead atoms. The van der Waals surface area contributed by atoms with Crippen molar-refractivity contribution in [1.29, 1.82) is 0 Å². The van der Waals surface area contributed by atoms with Crippen molar-refractivity contribution in [2.24, 2.45) is 46.8 Å². The Bertz CT molecular complexity index is 441. The van der Waals surface area contributed by atoms with E-state index in [0.29, 0.717) is 17.6 Å². The number of Topliss-reactive ketones (excluding diaryl/α,β-unsaturated/α-hetero) is 1. The van der Waals surface area contributed by atoms with E-state index in [-0.39, 0.29) is 5.41 Å². The summed E-state index contributed by atoms with van der Waals surface area (Å²) in [6.07, 6.45) is 10.7. The summed E-state index contributed by atoms with van der Waals surface area (Å²) in [5, 5.41) is 0. The minimum Gasteiger partial charge on any atom is -0.299 e. The first-order valence-corrected chi connectivity index (χ1v) is 9.54. The van der Waals surface area contributed by atoms with Gasteiger partial charge in [0.25, 0.3) is 0 Å². The van der Waals surface area contributed by atoms with Crippen LogP contribution in [0.1, 0.15) is 72.1 Å². The molecule has 0 saturated heterocycles. The second-order valence-corrected chi connectivity index (χ2v) is 9.33. The van der Waals surface area contributed by atoms with Crippen LogP contribution in [0.3, 0.4) is 0 Å². The molecule has 4 aliphatic rings. The molecule has 0 amide bonds. The molecule has 21 heavy (non-hydrogen) atoms. The Morgan fingerprint density at radius 3 is 2.52 bits per heavy atom. The van der Waals surface area contributed by atoms with Gasteiger partial charge in [0.15, 0.2) is 0 Å². The van der Waals surface area contributed by atoms with Crippen LogP contribution < -0.4 is 0 Å². The molecule has 0 aromatic carbocycles. The first-order valence-electron chi connectivity index (χ1n) is 9.54. The summed E-state index contributed by atoms with van der Waals surface area (Å²) >= 11 is 0. The smallest absolute Gasteiger partial charge is 0.139 e. The summed E-state index contributed by atoms with van der Waals surface area (Å²) in [4.78, 5) is 12.5. The largest absolute Gasteiger partial charge is 0.299 e. The van der Waals surface area contributed by atoms with Gasteiger partial charge in [-0.3, -0.25) is 4.79 Å². The molecule has 4 fully saturated rings. The highest BCUT2D eigenvalue weighted by Gasteiger charge is 2.59. The van der Waals surface area contributed by atoms with Crippen molar-refractivity contribution in [3.05, 3.63) is 0 Å². The normalized spacial score (nSPS) is 56.5. The zero-order chi connectivity index (χ0) is 14.8. The third-order valence-corrected chi connectivity index (χ3v) is 8.23. The Morgan fingerprint density at radius 1 is 0.952 bits per heavy atom. The van der Waals surface area contributed by atoms with Gasteiger partial charge in [0, 0.05) is 11.8 Å². The van der Waals surface area contributed by atoms with Crippen molar-refractivity contribution in [2.45, 2.75) is 72.1 Å². The molecule has 4 rings (SSSR count). The SMILES string of the molecule is CC1CCC2C(CCC3C2CCC2(C)C(=O)CC(C)C32)C1. The molecule has 0 aromatic heterocycles. The van der Waals surface area contributed by atoms with E-state index in [2.05, 4.69) is 20.8 Å². The highest BCUT2D eigenvalue weighted by molar-refractivity contribution is 5.87. The zero-order valence-electron chi connectivity index (χ0n) is 14.1. The standard InChI is InChI=1S/C20H32O/c1-12-4-6-15-14(10-12)5-7-17-16(15)8-9-20(3)18(21)11-13(2)19(17)20/h12-17,19H,4-11H2,1-3H3. The average molecular weight is 288 g/mol. The van der Waals surface area contributed by atoms with E-state index in [0.717, 1.165) is 36.0 Å². The summed E-state index contributed by atoms with van der Waals surface area (Å²) in [5.74, 6) is 6.78. The van der Waals surface area contributed by atoms with Gasteiger partial charge in [-0.15, -0.1) is 0 Å². The molecule has 0 radical (unpaired) electrons. The highest BCUT2D eigenvalue weighted by atomic mass is 16.1. The van der Waals surface area contributed by atoms with Crippen molar-refractivity contribution in [3.63, 3.8) is 0 Å². The Hall–Kier alpha value is -0.330. The van der Waals surface area contributed by atoms with Gasteiger partial charge >= 0.3 is 0 Å². The van der Waals surface area contributed by atoms with Crippen molar-refractivity contribution in [2.75, 3.05) is 0 Å². The van der Waals surface area contributed by atoms with Crippen molar-refractivity contribution in [3.8, 4) is 0 Å². The van der Waals surface area contributed by atoms with Crippen LogP contribution in [0.5, 0.6) is 0 Å². The third-order valence-electron chi connectivity index (χ3n) is 8.23. The van der Waals surface area contributed by atoms with Gasteiger partial charge in [0.2, 0.25) is 0 Å². The Morgan fingerprint density at radius 2 is 1.71 bits per heavy atom. The van der Waals surface area contributed by atoms with Crippen molar-refractivity contribution in [1.82, 2.24) is 0 Å². The molecule has 8 unspecified atom stereocenters. The molecule has 1 nitrogen and oxygen atoms in total. The van der Waals surface area contributed by atoms with E-state index < -0.39 is 0 Å². The Balaban J connectivity index is 1.61. The molecule has 0 aliphatic heterocycles. The van der Waals surface area contributed by atoms with Crippen molar-refractivity contribution < 1.29 is 4.79 Å². The molecule has 0 heterocycles. The number of carbonyl (C=O) groups is 1. The summed E-state index contributed by atoms with van der Waals surface area (Å²) in [6, 6.07) is 0. The van der Waals surface area contributed by atoms with Crippen LogP contribution >= 0.6 is 0 Å². The fraction of sp³-hybridized carbons (Fsp3) is 0.950. The molecular formula is C20H32O. The summed E-state index contributed by atoms with van der Waals surface area (Å²) in [7, 11) is 0. The monoisotopic (exact) mass is 288 g/mol. The second-order valence-electron chi connectivity index (χ2n) is 9.33. The second kappa shape index (κ2) is 4.83. The predicted octanol–water partition coefficient (Wildman–Crippen LogP) is 5.09. The predicted molar refractivity (Wildman–Crippen MR) is 85.8 cm³/mol. The van der Waals surface area contributed by atoms with Crippen LogP contribution in [0, 0.1) is 46.8 Å². The van der Waals surface area contributed by atoms with Crippen LogP contribution in [-0.4, -0.2) is 5.78 Å². The lowest BCUT2D eigenvalue weighted by Crippen LogP contribution is -2.49. The highest BCUT2D eigenvalue weighted by Crippen LogP contribution is 2.63. The number of rotatable bonds is 0. The third kappa shape index (κ3) is 1.98. The molecule has 0 aromatic rings. The molecule has 118 valence electrons. The minimum atomic E-state index is 0.0510. The topological polar surface area (TPSA) is 17.1 Å².